The summed E-state index contributed by atoms with van der Waals surface area (Å²) in [5.74, 6) is 0. The minimum atomic E-state index is -0.492. The molecule has 20 heteroatoms. The average molecular weight is 736 g/mol. The second-order valence-electron chi connectivity index (χ2n) is 14.0. The second kappa shape index (κ2) is 17.8. The summed E-state index contributed by atoms with van der Waals surface area (Å²) in [7, 11) is 35.9. The van der Waals surface area contributed by atoms with E-state index in [1.165, 1.54) is 0 Å². The fourth-order valence-corrected chi connectivity index (χ4v) is 8.39. The monoisotopic (exact) mass is 736 g/mol. The van der Waals surface area contributed by atoms with Gasteiger partial charge in [-0.15, -0.1) is 0 Å². The molecule has 52 heavy (non-hydrogen) atoms. The Balaban J connectivity index is 0.000000134. The predicted molar refractivity (Wildman–Crippen MR) is 183 cm³/mol. The molecule has 0 spiro atoms. The third-order valence-corrected chi connectivity index (χ3v) is 10.7. The van der Waals surface area contributed by atoms with Gasteiger partial charge in [0.05, 0.1) is 52.9 Å². The standard InChI is InChI=1S/4C8H13BO4/c2*1-10-3-8-4-12-5(6(8)11-2)7(9)13-8;2*1-10-3-8-4-12-6(8)5(11-2)7(9)13-8/h4*5-7H,3-4H2,1-2H3/t4*5-,6+,7-,8+/m1010/s1. The number of hydrogen-bond donors (Lipinski definition) is 0. The molecule has 288 valence electrons. The molecule has 0 N–H and O–H groups in total. The normalized spacial score (nSPS) is 48.6. The van der Waals surface area contributed by atoms with Crippen LogP contribution in [0, 0.1) is 0 Å². The zero-order valence-electron chi connectivity index (χ0n) is 31.4. The van der Waals surface area contributed by atoms with Crippen LogP contribution >= 0.6 is 0 Å². The Bertz CT molecular complexity index is 1050. The lowest BCUT2D eigenvalue weighted by molar-refractivity contribution is -0.244. The first-order valence-corrected chi connectivity index (χ1v) is 17.2. The zero-order valence-corrected chi connectivity index (χ0v) is 31.4. The largest absolute Gasteiger partial charge is 0.381 e. The molecule has 0 aliphatic carbocycles. The van der Waals surface area contributed by atoms with Gasteiger partial charge < -0.3 is 75.8 Å². The van der Waals surface area contributed by atoms with Crippen LogP contribution in [0.1, 0.15) is 0 Å². The van der Waals surface area contributed by atoms with Crippen molar-refractivity contribution in [3.8, 4) is 0 Å². The summed E-state index contributed by atoms with van der Waals surface area (Å²) in [5.41, 5.74) is -1.72. The van der Waals surface area contributed by atoms with Crippen molar-refractivity contribution < 1.29 is 75.8 Å². The van der Waals surface area contributed by atoms with Crippen LogP contribution in [0.15, 0.2) is 0 Å². The van der Waals surface area contributed by atoms with Gasteiger partial charge in [-0.05, 0) is 0 Å². The number of rotatable bonds is 12. The Hall–Kier alpha value is -0.380. The van der Waals surface area contributed by atoms with E-state index in [2.05, 4.69) is 0 Å². The number of hydrogen-bond acceptors (Lipinski definition) is 16. The molecule has 0 unspecified atom stereocenters. The van der Waals surface area contributed by atoms with E-state index < -0.39 is 35.2 Å². The van der Waals surface area contributed by atoms with Crippen molar-refractivity contribution in [2.24, 2.45) is 0 Å². The van der Waals surface area contributed by atoms with Crippen LogP contribution in [0.4, 0.5) is 0 Å². The molecule has 8 rings (SSSR count). The lowest BCUT2D eigenvalue weighted by Gasteiger charge is -2.43. The lowest BCUT2D eigenvalue weighted by Crippen LogP contribution is -2.61. The van der Waals surface area contributed by atoms with E-state index in [0.717, 1.165) is 0 Å². The van der Waals surface area contributed by atoms with Gasteiger partial charge in [0.2, 0.25) is 0 Å². The first-order valence-electron chi connectivity index (χ1n) is 17.2. The highest BCUT2D eigenvalue weighted by Gasteiger charge is 2.63. The Morgan fingerprint density at radius 3 is 0.981 bits per heavy atom. The van der Waals surface area contributed by atoms with Crippen LogP contribution in [-0.4, -0.2) is 236 Å². The molecule has 0 aromatic rings. The van der Waals surface area contributed by atoms with E-state index in [1.54, 1.807) is 56.9 Å². The molecule has 8 heterocycles. The van der Waals surface area contributed by atoms with Gasteiger partial charge in [-0.2, -0.15) is 0 Å². The van der Waals surface area contributed by atoms with Crippen LogP contribution in [0.25, 0.3) is 0 Å². The molecular formula is C32H52B4O16. The lowest BCUT2D eigenvalue weighted by atomic mass is 9.86. The Labute approximate surface area is 311 Å². The van der Waals surface area contributed by atoms with Gasteiger partial charge in [0.1, 0.15) is 103 Å². The quantitative estimate of drug-likeness (QED) is 0.191. The van der Waals surface area contributed by atoms with Crippen LogP contribution in [-0.2, 0) is 75.8 Å². The molecule has 0 aromatic carbocycles. The Morgan fingerprint density at radius 1 is 0.423 bits per heavy atom. The highest BCUT2D eigenvalue weighted by molar-refractivity contribution is 6.12. The fourth-order valence-electron chi connectivity index (χ4n) is 8.39. The number of ether oxygens (including phenoxy) is 16. The van der Waals surface area contributed by atoms with E-state index in [1.807, 2.05) is 0 Å². The molecule has 16 atom stereocenters. The van der Waals surface area contributed by atoms with Gasteiger partial charge in [0.15, 0.2) is 0 Å². The van der Waals surface area contributed by atoms with Crippen molar-refractivity contribution in [1.82, 2.24) is 0 Å². The SMILES string of the molecule is [B][C@@H]1O[C@@]2(COC)CO[C@@H]1[C@@H]2OC.[B][C@@H]1O[C@@]2(COC)CO[C@H]2[C@H]1OC.[B][C@H]1O[C@]2(COC)CO[C@@H]2[C@@H]1OC.[B][C@H]1O[C@]2(COC)CO[C@H]1[C@H]2OC. The smallest absolute Gasteiger partial charge is 0.143 e. The van der Waals surface area contributed by atoms with Crippen molar-refractivity contribution in [2.75, 3.05) is 110 Å². The summed E-state index contributed by atoms with van der Waals surface area (Å²) >= 11 is 0. The molecule has 8 aliphatic heterocycles. The third kappa shape index (κ3) is 7.68. The second-order valence-corrected chi connectivity index (χ2v) is 14.0. The molecule has 8 aliphatic rings. The van der Waals surface area contributed by atoms with Crippen LogP contribution in [0.3, 0.4) is 0 Å². The third-order valence-electron chi connectivity index (χ3n) is 10.7. The van der Waals surface area contributed by atoms with Gasteiger partial charge in [-0.25, -0.2) is 0 Å². The van der Waals surface area contributed by atoms with Crippen molar-refractivity contribution in [3.05, 3.63) is 0 Å². The average Bonchev–Trinajstić information content (AvgIpc) is 3.87. The van der Waals surface area contributed by atoms with Crippen molar-refractivity contribution in [3.63, 3.8) is 0 Å². The van der Waals surface area contributed by atoms with E-state index in [-0.39, 0.29) is 60.0 Å². The summed E-state index contributed by atoms with van der Waals surface area (Å²) in [6, 6.07) is -1.61. The first kappa shape index (κ1) is 42.8. The van der Waals surface area contributed by atoms with Gasteiger partial charge in [-0.3, -0.25) is 0 Å². The minimum absolute atomic E-state index is 0.0764. The van der Waals surface area contributed by atoms with Crippen molar-refractivity contribution in [2.45, 2.75) is 95.2 Å². The Kier molecular flexibility index (Phi) is 14.7. The van der Waals surface area contributed by atoms with E-state index >= 15 is 0 Å². The maximum absolute atomic E-state index is 5.74. The molecule has 0 aromatic heterocycles. The van der Waals surface area contributed by atoms with E-state index in [4.69, 9.17) is 107 Å². The van der Waals surface area contributed by atoms with Crippen LogP contribution in [0.2, 0.25) is 0 Å². The van der Waals surface area contributed by atoms with Crippen LogP contribution in [0.5, 0.6) is 0 Å². The zero-order chi connectivity index (χ0) is 37.9. The first-order chi connectivity index (χ1) is 24.9. The summed E-state index contributed by atoms with van der Waals surface area (Å²) < 4.78 is 85.4. The summed E-state index contributed by atoms with van der Waals surface area (Å²) in [6.45, 7) is 4.00. The minimum Gasteiger partial charge on any atom is -0.381 e. The molecule has 4 bridgehead atoms. The number of fused-ring (bicyclic) bond motifs is 6. The highest BCUT2D eigenvalue weighted by atomic mass is 16.7. The van der Waals surface area contributed by atoms with Crippen molar-refractivity contribution in [1.29, 1.82) is 0 Å². The summed E-state index contributed by atoms with van der Waals surface area (Å²) in [5, 5.41) is 0. The molecular weight excluding hydrogens is 684 g/mol. The molecule has 0 amide bonds. The van der Waals surface area contributed by atoms with E-state index in [0.29, 0.717) is 52.9 Å². The topological polar surface area (TPSA) is 148 Å². The molecule has 8 saturated heterocycles. The predicted octanol–water partition coefficient (Wildman–Crippen LogP) is -2.76. The summed E-state index contributed by atoms with van der Waals surface area (Å²) in [6.07, 6.45) is -1.03. The molecule has 8 radical (unpaired) electrons. The molecule has 8 fully saturated rings. The Morgan fingerprint density at radius 2 is 0.731 bits per heavy atom. The summed E-state index contributed by atoms with van der Waals surface area (Å²) in [4.78, 5) is 0. The van der Waals surface area contributed by atoms with Gasteiger partial charge >= 0.3 is 0 Å². The maximum Gasteiger partial charge on any atom is 0.143 e. The van der Waals surface area contributed by atoms with Crippen molar-refractivity contribution >= 4 is 31.4 Å². The fraction of sp³-hybridized carbons (Fsp3) is 1.00. The number of methoxy groups -OCH3 is 8. The molecule has 0 saturated carbocycles. The van der Waals surface area contributed by atoms with Gasteiger partial charge in [0, 0.05) is 80.9 Å². The van der Waals surface area contributed by atoms with E-state index in [9.17, 15) is 0 Å². The van der Waals surface area contributed by atoms with Gasteiger partial charge in [0.25, 0.3) is 0 Å². The van der Waals surface area contributed by atoms with Crippen LogP contribution < -0.4 is 0 Å². The maximum atomic E-state index is 5.74. The van der Waals surface area contributed by atoms with Gasteiger partial charge in [-0.1, -0.05) is 0 Å². The highest BCUT2D eigenvalue weighted by Crippen LogP contribution is 2.44. The molecule has 16 nitrogen and oxygen atoms in total.